The van der Waals surface area contributed by atoms with E-state index in [1.54, 1.807) is 6.92 Å². The van der Waals surface area contributed by atoms with Gasteiger partial charge in [-0.05, 0) is 6.92 Å². The van der Waals surface area contributed by atoms with Crippen molar-refractivity contribution in [3.63, 3.8) is 0 Å². The van der Waals surface area contributed by atoms with Gasteiger partial charge in [0, 0.05) is 24.8 Å². The molecule has 0 bridgehead atoms. The van der Waals surface area contributed by atoms with Crippen LogP contribution in [-0.2, 0) is 6.54 Å². The minimum absolute atomic E-state index is 0.0161. The average Bonchev–Trinajstić information content (AvgIpc) is 2.72. The van der Waals surface area contributed by atoms with Crippen molar-refractivity contribution in [2.45, 2.75) is 13.5 Å². The Balaban J connectivity index is 2.25. The second kappa shape index (κ2) is 6.20. The number of aryl methyl sites for hydroxylation is 1. The Morgan fingerprint density at radius 3 is 2.68 bits per heavy atom. The monoisotopic (exact) mass is 284 g/mol. The Morgan fingerprint density at radius 2 is 2.05 bits per heavy atom. The molecule has 2 heterocycles. The number of fused-ring (bicyclic) bond motifs is 1. The van der Waals surface area contributed by atoms with Crippen LogP contribution in [0.5, 0.6) is 0 Å². The van der Waals surface area contributed by atoms with Crippen molar-refractivity contribution < 1.29 is 10.2 Å². The van der Waals surface area contributed by atoms with E-state index in [1.807, 2.05) is 4.90 Å². The summed E-state index contributed by atoms with van der Waals surface area (Å²) in [6.07, 6.45) is 0. The molecule has 2 N–H and O–H groups in total. The molecule has 0 fully saturated rings. The molecule has 0 aliphatic heterocycles. The van der Waals surface area contributed by atoms with Crippen LogP contribution >= 0.6 is 11.3 Å². The zero-order valence-corrected chi connectivity index (χ0v) is 11.4. The molecule has 19 heavy (non-hydrogen) atoms. The summed E-state index contributed by atoms with van der Waals surface area (Å²) >= 11 is 1.34. The van der Waals surface area contributed by atoms with Crippen molar-refractivity contribution in [2.75, 3.05) is 26.3 Å². The molecule has 0 saturated heterocycles. The van der Waals surface area contributed by atoms with E-state index in [-0.39, 0.29) is 18.8 Å². The molecule has 0 radical (unpaired) electrons. The lowest BCUT2D eigenvalue weighted by atomic mass is 10.4. The van der Waals surface area contributed by atoms with Gasteiger partial charge in [-0.1, -0.05) is 11.3 Å². The van der Waals surface area contributed by atoms with Crippen LogP contribution in [0.25, 0.3) is 4.96 Å². The summed E-state index contributed by atoms with van der Waals surface area (Å²) < 4.78 is 1.28. The molecule has 0 atom stereocenters. The van der Waals surface area contributed by atoms with Crippen molar-refractivity contribution in [1.29, 1.82) is 0 Å². The third-order valence-electron chi connectivity index (χ3n) is 2.61. The lowest BCUT2D eigenvalue weighted by Gasteiger charge is -2.17. The molecule has 0 saturated carbocycles. The predicted octanol–water partition coefficient (Wildman–Crippen LogP) is -0.754. The topological polar surface area (TPSA) is 91.0 Å². The van der Waals surface area contributed by atoms with Crippen LogP contribution < -0.4 is 5.56 Å². The van der Waals surface area contributed by atoms with Gasteiger partial charge < -0.3 is 10.2 Å². The fourth-order valence-electron chi connectivity index (χ4n) is 1.77. The number of aliphatic hydroxyl groups excluding tert-OH is 2. The molecule has 8 heteroatoms. The number of rotatable bonds is 6. The lowest BCUT2D eigenvalue weighted by molar-refractivity contribution is 0.155. The van der Waals surface area contributed by atoms with Gasteiger partial charge in [0.05, 0.1) is 19.8 Å². The summed E-state index contributed by atoms with van der Waals surface area (Å²) in [7, 11) is 0. The molecule has 0 aliphatic carbocycles. The largest absolute Gasteiger partial charge is 0.395 e. The Kier molecular flexibility index (Phi) is 4.59. The van der Waals surface area contributed by atoms with E-state index in [4.69, 9.17) is 10.2 Å². The van der Waals surface area contributed by atoms with Gasteiger partial charge in [-0.25, -0.2) is 4.98 Å². The van der Waals surface area contributed by atoms with Gasteiger partial charge in [0.15, 0.2) is 0 Å². The average molecular weight is 284 g/mol. The van der Waals surface area contributed by atoms with Gasteiger partial charge in [-0.2, -0.15) is 9.61 Å². The first-order valence-electron chi connectivity index (χ1n) is 5.94. The molecule has 0 aliphatic rings. The highest BCUT2D eigenvalue weighted by atomic mass is 32.1. The Morgan fingerprint density at radius 1 is 1.37 bits per heavy atom. The van der Waals surface area contributed by atoms with Gasteiger partial charge >= 0.3 is 0 Å². The molecule has 104 valence electrons. The molecule has 0 amide bonds. The standard InChI is InChI=1S/C11H16N4O3S/c1-8-6-10(18)15-11(12-8)19-9(13-15)7-14(2-4-16)3-5-17/h6,16-17H,2-5,7H2,1H3. The molecule has 0 aromatic carbocycles. The van der Waals surface area contributed by atoms with Crippen molar-refractivity contribution >= 4 is 16.3 Å². The summed E-state index contributed by atoms with van der Waals surface area (Å²) in [6.45, 7) is 3.19. The van der Waals surface area contributed by atoms with Crippen molar-refractivity contribution in [2.24, 2.45) is 0 Å². The highest BCUT2D eigenvalue weighted by Crippen LogP contribution is 2.13. The molecular formula is C11H16N4O3S. The summed E-state index contributed by atoms with van der Waals surface area (Å²) in [4.78, 5) is 18.4. The molecule has 2 aromatic heterocycles. The van der Waals surface area contributed by atoms with Crippen molar-refractivity contribution in [3.05, 3.63) is 27.1 Å². The minimum atomic E-state index is -0.194. The maximum absolute atomic E-state index is 11.7. The van der Waals surface area contributed by atoms with Gasteiger partial charge in [0.2, 0.25) is 4.96 Å². The number of aromatic nitrogens is 3. The maximum atomic E-state index is 11.7. The van der Waals surface area contributed by atoms with E-state index in [9.17, 15) is 4.79 Å². The van der Waals surface area contributed by atoms with Crippen LogP contribution in [0.1, 0.15) is 10.7 Å². The summed E-state index contributed by atoms with van der Waals surface area (Å²) in [5, 5.41) is 22.9. The van der Waals surface area contributed by atoms with Crippen LogP contribution in [0.2, 0.25) is 0 Å². The van der Waals surface area contributed by atoms with Gasteiger partial charge in [-0.15, -0.1) is 0 Å². The number of aliphatic hydroxyl groups is 2. The Hall–Kier alpha value is -1.35. The van der Waals surface area contributed by atoms with E-state index in [2.05, 4.69) is 10.1 Å². The third kappa shape index (κ3) is 3.35. The first-order valence-corrected chi connectivity index (χ1v) is 6.76. The smallest absolute Gasteiger partial charge is 0.275 e. The molecule has 2 rings (SSSR count). The van der Waals surface area contributed by atoms with Gasteiger partial charge in [0.1, 0.15) is 5.01 Å². The molecule has 7 nitrogen and oxygen atoms in total. The van der Waals surface area contributed by atoms with Crippen molar-refractivity contribution in [1.82, 2.24) is 19.5 Å². The maximum Gasteiger partial charge on any atom is 0.275 e. The van der Waals surface area contributed by atoms with Crippen LogP contribution in [0.3, 0.4) is 0 Å². The lowest BCUT2D eigenvalue weighted by Crippen LogP contribution is -2.29. The van der Waals surface area contributed by atoms with E-state index < -0.39 is 0 Å². The van der Waals surface area contributed by atoms with E-state index >= 15 is 0 Å². The highest BCUT2D eigenvalue weighted by molar-refractivity contribution is 7.16. The van der Waals surface area contributed by atoms with Gasteiger partial charge in [-0.3, -0.25) is 9.69 Å². The van der Waals surface area contributed by atoms with E-state index in [0.29, 0.717) is 30.3 Å². The Labute approximate surface area is 113 Å². The zero-order chi connectivity index (χ0) is 13.8. The van der Waals surface area contributed by atoms with E-state index in [0.717, 1.165) is 5.01 Å². The second-order valence-corrected chi connectivity index (χ2v) is 5.19. The first kappa shape index (κ1) is 14.1. The van der Waals surface area contributed by atoms with Gasteiger partial charge in [0.25, 0.3) is 5.56 Å². The summed E-state index contributed by atoms with van der Waals surface area (Å²) in [5.41, 5.74) is 0.476. The Bertz CT molecular complexity index is 603. The number of nitrogens with zero attached hydrogens (tertiary/aromatic N) is 4. The third-order valence-corrected chi connectivity index (χ3v) is 3.50. The minimum Gasteiger partial charge on any atom is -0.395 e. The first-order chi connectivity index (χ1) is 9.13. The highest BCUT2D eigenvalue weighted by Gasteiger charge is 2.11. The van der Waals surface area contributed by atoms with Crippen LogP contribution in [0.15, 0.2) is 10.9 Å². The van der Waals surface area contributed by atoms with Crippen LogP contribution in [-0.4, -0.2) is 56.0 Å². The zero-order valence-electron chi connectivity index (χ0n) is 10.6. The number of hydrogen-bond donors (Lipinski definition) is 2. The normalized spacial score (nSPS) is 11.6. The fraction of sp³-hybridized carbons (Fsp3) is 0.545. The van der Waals surface area contributed by atoms with E-state index in [1.165, 1.54) is 21.9 Å². The van der Waals surface area contributed by atoms with Crippen LogP contribution in [0, 0.1) is 6.92 Å². The molecule has 2 aromatic rings. The number of hydrogen-bond acceptors (Lipinski definition) is 7. The van der Waals surface area contributed by atoms with Crippen molar-refractivity contribution in [3.8, 4) is 0 Å². The molecular weight excluding hydrogens is 268 g/mol. The fourth-order valence-corrected chi connectivity index (χ4v) is 2.76. The SMILES string of the molecule is Cc1cc(=O)n2nc(CN(CCO)CCO)sc2n1. The quantitative estimate of drug-likeness (QED) is 0.725. The van der Waals surface area contributed by atoms with Crippen LogP contribution in [0.4, 0.5) is 0 Å². The summed E-state index contributed by atoms with van der Waals surface area (Å²) in [5.74, 6) is 0. The summed E-state index contributed by atoms with van der Waals surface area (Å²) in [6, 6.07) is 1.44. The second-order valence-electron chi connectivity index (χ2n) is 4.15. The molecule has 0 unspecified atom stereocenters. The molecule has 0 spiro atoms. The predicted molar refractivity (Wildman–Crippen MR) is 71.3 cm³/mol.